The maximum absolute atomic E-state index is 12.5. The molecule has 1 spiro atoms. The van der Waals surface area contributed by atoms with Gasteiger partial charge in [0.25, 0.3) is 6.43 Å². The van der Waals surface area contributed by atoms with E-state index in [4.69, 9.17) is 0 Å². The van der Waals surface area contributed by atoms with Crippen LogP contribution < -0.4 is 0 Å². The summed E-state index contributed by atoms with van der Waals surface area (Å²) in [5.41, 5.74) is -2.04. The van der Waals surface area contributed by atoms with E-state index in [9.17, 15) is 13.9 Å². The summed E-state index contributed by atoms with van der Waals surface area (Å²) in [5.74, 6) is 0. The van der Waals surface area contributed by atoms with Crippen LogP contribution in [-0.2, 0) is 0 Å². The van der Waals surface area contributed by atoms with Crippen LogP contribution in [0.1, 0.15) is 38.5 Å². The molecular formula is C9H14F2O. The van der Waals surface area contributed by atoms with Gasteiger partial charge in [-0.15, -0.1) is 0 Å². The molecular weight excluding hydrogens is 162 g/mol. The molecule has 0 aromatic heterocycles. The summed E-state index contributed by atoms with van der Waals surface area (Å²) in [6, 6.07) is 0. The second kappa shape index (κ2) is 2.41. The molecule has 0 bridgehead atoms. The number of hydrogen-bond acceptors (Lipinski definition) is 1. The molecule has 2 aliphatic carbocycles. The molecule has 2 rings (SSSR count). The van der Waals surface area contributed by atoms with Gasteiger partial charge in [0.05, 0.1) is 0 Å². The van der Waals surface area contributed by atoms with Crippen molar-refractivity contribution >= 4 is 0 Å². The molecule has 2 aliphatic rings. The summed E-state index contributed by atoms with van der Waals surface area (Å²) in [7, 11) is 0. The molecule has 3 heteroatoms. The van der Waals surface area contributed by atoms with Crippen LogP contribution in [0.3, 0.4) is 0 Å². The molecule has 0 aliphatic heterocycles. The number of alkyl halides is 2. The van der Waals surface area contributed by atoms with Crippen molar-refractivity contribution in [3.63, 3.8) is 0 Å². The van der Waals surface area contributed by atoms with Crippen LogP contribution in [-0.4, -0.2) is 17.1 Å². The average Bonchev–Trinajstić information content (AvgIpc) is 2.50. The van der Waals surface area contributed by atoms with Crippen molar-refractivity contribution in [3.05, 3.63) is 0 Å². The molecule has 0 radical (unpaired) electrons. The Bertz CT molecular complexity index is 183. The summed E-state index contributed by atoms with van der Waals surface area (Å²) >= 11 is 0. The molecule has 0 aromatic carbocycles. The van der Waals surface area contributed by atoms with Gasteiger partial charge >= 0.3 is 0 Å². The summed E-state index contributed by atoms with van der Waals surface area (Å²) in [4.78, 5) is 0. The summed E-state index contributed by atoms with van der Waals surface area (Å²) in [5, 5.41) is 9.69. The van der Waals surface area contributed by atoms with E-state index >= 15 is 0 Å². The predicted octanol–water partition coefficient (Wildman–Crippen LogP) is 2.34. The second-order valence-corrected chi connectivity index (χ2v) is 4.21. The van der Waals surface area contributed by atoms with Gasteiger partial charge in [-0.25, -0.2) is 8.78 Å². The van der Waals surface area contributed by atoms with Gasteiger partial charge in [-0.05, 0) is 25.7 Å². The zero-order valence-electron chi connectivity index (χ0n) is 7.02. The minimum atomic E-state index is -2.55. The van der Waals surface area contributed by atoms with Gasteiger partial charge in [0.15, 0.2) is 0 Å². The summed E-state index contributed by atoms with van der Waals surface area (Å²) in [6.45, 7) is 0. The third-order valence-electron chi connectivity index (χ3n) is 3.82. The number of aliphatic hydroxyl groups is 1. The van der Waals surface area contributed by atoms with Crippen LogP contribution in [0.15, 0.2) is 0 Å². The predicted molar refractivity (Wildman–Crippen MR) is 41.1 cm³/mol. The Balaban J connectivity index is 2.17. The third kappa shape index (κ3) is 0.804. The first-order valence-electron chi connectivity index (χ1n) is 4.61. The highest BCUT2D eigenvalue weighted by atomic mass is 19.3. The molecule has 12 heavy (non-hydrogen) atoms. The van der Waals surface area contributed by atoms with Crippen molar-refractivity contribution in [1.82, 2.24) is 0 Å². The number of hydrogen-bond donors (Lipinski definition) is 1. The summed E-state index contributed by atoms with van der Waals surface area (Å²) in [6.07, 6.45) is 2.16. The van der Waals surface area contributed by atoms with Gasteiger partial charge in [-0.1, -0.05) is 12.8 Å². The van der Waals surface area contributed by atoms with Crippen LogP contribution in [0.5, 0.6) is 0 Å². The first-order valence-corrected chi connectivity index (χ1v) is 4.61. The molecule has 2 fully saturated rings. The normalized spacial score (nSPS) is 39.0. The Morgan fingerprint density at radius 3 is 1.92 bits per heavy atom. The highest BCUT2D eigenvalue weighted by Gasteiger charge is 2.63. The molecule has 70 valence electrons. The van der Waals surface area contributed by atoms with Gasteiger partial charge in [0.1, 0.15) is 5.60 Å². The van der Waals surface area contributed by atoms with Gasteiger partial charge in [0.2, 0.25) is 0 Å². The van der Waals surface area contributed by atoms with Crippen molar-refractivity contribution in [3.8, 4) is 0 Å². The molecule has 1 unspecified atom stereocenters. The van der Waals surface area contributed by atoms with Gasteiger partial charge in [0, 0.05) is 5.41 Å². The standard InChI is InChI=1S/C9H14F2O/c10-7(11)9(12)6-5-8(9)3-1-2-4-8/h7,12H,1-6H2. The smallest absolute Gasteiger partial charge is 0.267 e. The second-order valence-electron chi connectivity index (χ2n) is 4.21. The molecule has 1 nitrogen and oxygen atoms in total. The SMILES string of the molecule is OC1(C(F)F)CCC12CCCC2. The van der Waals surface area contributed by atoms with Crippen LogP contribution in [0.25, 0.3) is 0 Å². The van der Waals surface area contributed by atoms with E-state index in [0.29, 0.717) is 6.42 Å². The van der Waals surface area contributed by atoms with Crippen molar-refractivity contribution in [2.45, 2.75) is 50.6 Å². The third-order valence-corrected chi connectivity index (χ3v) is 3.82. The Morgan fingerprint density at radius 2 is 1.58 bits per heavy atom. The highest BCUT2D eigenvalue weighted by Crippen LogP contribution is 2.61. The van der Waals surface area contributed by atoms with Crippen LogP contribution in [0, 0.1) is 5.41 Å². The molecule has 0 amide bonds. The largest absolute Gasteiger partial charge is 0.383 e. The maximum atomic E-state index is 12.5. The lowest BCUT2D eigenvalue weighted by Gasteiger charge is -2.54. The van der Waals surface area contributed by atoms with Crippen molar-refractivity contribution < 1.29 is 13.9 Å². The van der Waals surface area contributed by atoms with E-state index in [1.165, 1.54) is 0 Å². The zero-order chi connectivity index (χ0) is 8.82. The summed E-state index contributed by atoms with van der Waals surface area (Å²) < 4.78 is 25.0. The Kier molecular flexibility index (Phi) is 1.69. The van der Waals surface area contributed by atoms with Crippen molar-refractivity contribution in [2.24, 2.45) is 5.41 Å². The first-order chi connectivity index (χ1) is 5.61. The molecule has 1 atom stereocenters. The molecule has 1 N–H and O–H groups in total. The van der Waals surface area contributed by atoms with Crippen LogP contribution >= 0.6 is 0 Å². The average molecular weight is 176 g/mol. The minimum Gasteiger partial charge on any atom is -0.383 e. The van der Waals surface area contributed by atoms with E-state index in [-0.39, 0.29) is 0 Å². The first kappa shape index (κ1) is 8.42. The van der Waals surface area contributed by atoms with E-state index in [1.807, 2.05) is 0 Å². The molecule has 0 saturated heterocycles. The fourth-order valence-corrected chi connectivity index (χ4v) is 2.81. The van der Waals surface area contributed by atoms with Crippen LogP contribution in [0.4, 0.5) is 8.78 Å². The Morgan fingerprint density at radius 1 is 1.00 bits per heavy atom. The molecule has 0 heterocycles. The quantitative estimate of drug-likeness (QED) is 0.650. The zero-order valence-corrected chi connectivity index (χ0v) is 7.02. The lowest BCUT2D eigenvalue weighted by atomic mass is 9.55. The lowest BCUT2D eigenvalue weighted by Crippen LogP contribution is -2.60. The fraction of sp³-hybridized carbons (Fsp3) is 1.00. The number of rotatable bonds is 1. The van der Waals surface area contributed by atoms with E-state index in [1.54, 1.807) is 0 Å². The Labute approximate surface area is 70.8 Å². The lowest BCUT2D eigenvalue weighted by molar-refractivity contribution is -0.235. The van der Waals surface area contributed by atoms with Crippen molar-refractivity contribution in [2.75, 3.05) is 0 Å². The van der Waals surface area contributed by atoms with Gasteiger partial charge in [-0.2, -0.15) is 0 Å². The number of halogens is 2. The highest BCUT2D eigenvalue weighted by molar-refractivity contribution is 5.11. The van der Waals surface area contributed by atoms with Crippen molar-refractivity contribution in [1.29, 1.82) is 0 Å². The van der Waals surface area contributed by atoms with Crippen LogP contribution in [0.2, 0.25) is 0 Å². The van der Waals surface area contributed by atoms with Gasteiger partial charge < -0.3 is 5.11 Å². The fourth-order valence-electron chi connectivity index (χ4n) is 2.81. The monoisotopic (exact) mass is 176 g/mol. The maximum Gasteiger partial charge on any atom is 0.267 e. The topological polar surface area (TPSA) is 20.2 Å². The minimum absolute atomic E-state index is 0.296. The van der Waals surface area contributed by atoms with E-state index < -0.39 is 17.4 Å². The van der Waals surface area contributed by atoms with E-state index in [2.05, 4.69) is 0 Å². The molecule has 0 aromatic rings. The Hall–Kier alpha value is -0.180. The molecule has 2 saturated carbocycles. The van der Waals surface area contributed by atoms with Gasteiger partial charge in [-0.3, -0.25) is 0 Å². The van der Waals surface area contributed by atoms with E-state index in [0.717, 1.165) is 32.1 Å².